The number of rotatable bonds is 9. The summed E-state index contributed by atoms with van der Waals surface area (Å²) in [7, 11) is 1.74. The third kappa shape index (κ3) is 6.43. The van der Waals surface area contributed by atoms with E-state index in [1.165, 1.54) is 0 Å². The van der Waals surface area contributed by atoms with Crippen LogP contribution in [0.5, 0.6) is 0 Å². The Hall–Kier alpha value is -3.76. The van der Waals surface area contributed by atoms with E-state index in [9.17, 15) is 20.1 Å². The second-order valence-electron chi connectivity index (χ2n) is 8.98. The number of pyridine rings is 1. The minimum absolute atomic E-state index is 0.0280. The van der Waals surface area contributed by atoms with Gasteiger partial charge < -0.3 is 21.1 Å². The summed E-state index contributed by atoms with van der Waals surface area (Å²) in [4.78, 5) is 30.1. The number of nitrogens with zero attached hydrogens (tertiary/aromatic N) is 4. The second kappa shape index (κ2) is 11.6. The van der Waals surface area contributed by atoms with Crippen LogP contribution in [0.25, 0.3) is 0 Å². The monoisotopic (exact) mass is 494 g/mol. The molecule has 10 heteroatoms. The molecule has 2 atom stereocenters. The van der Waals surface area contributed by atoms with Crippen molar-refractivity contribution in [1.82, 2.24) is 4.98 Å². The van der Waals surface area contributed by atoms with Gasteiger partial charge in [-0.3, -0.25) is 4.79 Å². The standard InChI is InChI=1S/C25H30N6O3S/c1-6-16-17(12-26)22(31(5)19(25(2,3)4)14-34-24(29)33)30-23(18(16)13-27)35-20(21(28)32)15-10-8-7-9-11-15/h7-11,19-20H,6,14H2,1-5H3,(H2,28,32)(H2,29,33). The van der Waals surface area contributed by atoms with Gasteiger partial charge in [-0.25, -0.2) is 9.78 Å². The van der Waals surface area contributed by atoms with Crippen molar-refractivity contribution in [2.24, 2.45) is 16.9 Å². The van der Waals surface area contributed by atoms with Gasteiger partial charge in [0.05, 0.1) is 17.2 Å². The lowest BCUT2D eigenvalue weighted by Crippen LogP contribution is -2.46. The van der Waals surface area contributed by atoms with E-state index in [1.54, 1.807) is 36.2 Å². The van der Waals surface area contributed by atoms with Crippen LogP contribution in [0.4, 0.5) is 10.6 Å². The number of hydrogen-bond donors (Lipinski definition) is 2. The van der Waals surface area contributed by atoms with E-state index in [2.05, 4.69) is 12.1 Å². The van der Waals surface area contributed by atoms with Gasteiger partial charge >= 0.3 is 6.09 Å². The van der Waals surface area contributed by atoms with E-state index in [0.29, 0.717) is 28.4 Å². The fourth-order valence-corrected chi connectivity index (χ4v) is 4.86. The van der Waals surface area contributed by atoms with E-state index in [1.807, 2.05) is 33.8 Å². The smallest absolute Gasteiger partial charge is 0.404 e. The van der Waals surface area contributed by atoms with Gasteiger partial charge in [-0.2, -0.15) is 10.5 Å². The van der Waals surface area contributed by atoms with Crippen molar-refractivity contribution < 1.29 is 14.3 Å². The number of aromatic nitrogens is 1. The summed E-state index contributed by atoms with van der Waals surface area (Å²) >= 11 is 1.07. The summed E-state index contributed by atoms with van der Waals surface area (Å²) in [6, 6.07) is 12.9. The Balaban J connectivity index is 2.72. The number of nitrogens with two attached hydrogens (primary N) is 2. The number of anilines is 1. The predicted molar refractivity (Wildman–Crippen MR) is 134 cm³/mol. The van der Waals surface area contributed by atoms with Crippen molar-refractivity contribution in [3.8, 4) is 12.1 Å². The average molecular weight is 495 g/mol. The van der Waals surface area contributed by atoms with Crippen LogP contribution in [0.1, 0.15) is 55.2 Å². The molecule has 2 amide bonds. The lowest BCUT2D eigenvalue weighted by atomic mass is 9.86. The summed E-state index contributed by atoms with van der Waals surface area (Å²) in [5.41, 5.74) is 12.2. The number of amides is 2. The summed E-state index contributed by atoms with van der Waals surface area (Å²) in [6.07, 6.45) is -0.508. The zero-order chi connectivity index (χ0) is 26.3. The number of thioether (sulfide) groups is 1. The first-order chi connectivity index (χ1) is 16.5. The molecule has 2 rings (SSSR count). The molecule has 0 aliphatic heterocycles. The average Bonchev–Trinajstić information content (AvgIpc) is 2.80. The molecule has 2 unspecified atom stereocenters. The molecule has 35 heavy (non-hydrogen) atoms. The van der Waals surface area contributed by atoms with Gasteiger partial charge in [0.25, 0.3) is 0 Å². The zero-order valence-corrected chi connectivity index (χ0v) is 21.3. The van der Waals surface area contributed by atoms with Gasteiger partial charge in [0, 0.05) is 7.05 Å². The largest absolute Gasteiger partial charge is 0.447 e. The number of likely N-dealkylation sites (N-methyl/N-ethyl adjacent to an activating group) is 1. The van der Waals surface area contributed by atoms with Crippen molar-refractivity contribution in [1.29, 1.82) is 10.5 Å². The summed E-state index contributed by atoms with van der Waals surface area (Å²) in [5, 5.41) is 19.5. The Morgan fingerprint density at radius 3 is 2.20 bits per heavy atom. The predicted octanol–water partition coefficient (Wildman–Crippen LogP) is 3.65. The molecule has 1 heterocycles. The first-order valence-electron chi connectivity index (χ1n) is 11.0. The highest BCUT2D eigenvalue weighted by atomic mass is 32.2. The van der Waals surface area contributed by atoms with Gasteiger partial charge in [-0.05, 0) is 23.0 Å². The third-order valence-corrected chi connectivity index (χ3v) is 6.86. The lowest BCUT2D eigenvalue weighted by molar-refractivity contribution is -0.117. The van der Waals surface area contributed by atoms with Gasteiger partial charge in [0.15, 0.2) is 0 Å². The van der Waals surface area contributed by atoms with Crippen LogP contribution >= 0.6 is 11.8 Å². The van der Waals surface area contributed by atoms with E-state index < -0.39 is 28.7 Å². The number of carbonyl (C=O) groups excluding carboxylic acids is 2. The van der Waals surface area contributed by atoms with Crippen LogP contribution < -0.4 is 16.4 Å². The van der Waals surface area contributed by atoms with E-state index >= 15 is 0 Å². The number of benzene rings is 1. The minimum atomic E-state index is -0.904. The fourth-order valence-electron chi connectivity index (χ4n) is 3.81. The first-order valence-corrected chi connectivity index (χ1v) is 11.9. The van der Waals surface area contributed by atoms with Crippen LogP contribution in [-0.4, -0.2) is 36.7 Å². The molecule has 9 nitrogen and oxygen atoms in total. The molecule has 0 saturated carbocycles. The van der Waals surface area contributed by atoms with Gasteiger partial charge in [0.2, 0.25) is 5.91 Å². The molecule has 1 aromatic heterocycles. The molecule has 2 aromatic rings. The number of hydrogen-bond acceptors (Lipinski definition) is 8. The Labute approximate surface area is 210 Å². The van der Waals surface area contributed by atoms with Crippen molar-refractivity contribution in [3.05, 3.63) is 52.6 Å². The molecule has 1 aromatic carbocycles. The third-order valence-electron chi connectivity index (χ3n) is 5.60. The SMILES string of the molecule is CCc1c(C#N)c(SC(C(N)=O)c2ccccc2)nc(N(C)C(COC(N)=O)C(C)(C)C)c1C#N. The Bertz CT molecular complexity index is 1160. The van der Waals surface area contributed by atoms with Gasteiger partial charge in [0.1, 0.15) is 34.8 Å². The quantitative estimate of drug-likeness (QED) is 0.500. The first kappa shape index (κ1) is 27.5. The highest BCUT2D eigenvalue weighted by Crippen LogP contribution is 2.40. The Kier molecular flexibility index (Phi) is 9.10. The van der Waals surface area contributed by atoms with Crippen molar-refractivity contribution >= 4 is 29.6 Å². The molecular formula is C25H30N6O3S. The number of primary amides is 2. The number of carbonyl (C=O) groups is 2. The maximum atomic E-state index is 12.4. The molecule has 0 fully saturated rings. The van der Waals surface area contributed by atoms with Crippen LogP contribution in [0.15, 0.2) is 35.4 Å². The molecule has 0 aliphatic rings. The van der Waals surface area contributed by atoms with Crippen LogP contribution in [-0.2, 0) is 16.0 Å². The van der Waals surface area contributed by atoms with Gasteiger partial charge in [-0.15, -0.1) is 0 Å². The van der Waals surface area contributed by atoms with E-state index in [-0.39, 0.29) is 17.7 Å². The Morgan fingerprint density at radius 2 is 1.74 bits per heavy atom. The van der Waals surface area contributed by atoms with Crippen molar-refractivity contribution in [2.75, 3.05) is 18.6 Å². The fraction of sp³-hybridized carbons (Fsp3) is 0.400. The van der Waals surface area contributed by atoms with Crippen molar-refractivity contribution in [3.63, 3.8) is 0 Å². The molecule has 0 bridgehead atoms. The normalized spacial score (nSPS) is 12.7. The maximum Gasteiger partial charge on any atom is 0.404 e. The number of ether oxygens (including phenoxy) is 1. The van der Waals surface area contributed by atoms with Crippen LogP contribution in [0.2, 0.25) is 0 Å². The molecule has 0 saturated heterocycles. The highest BCUT2D eigenvalue weighted by Gasteiger charge is 2.34. The molecule has 0 aliphatic carbocycles. The molecular weight excluding hydrogens is 464 g/mol. The topological polar surface area (TPSA) is 159 Å². The summed E-state index contributed by atoms with van der Waals surface area (Å²) < 4.78 is 5.10. The van der Waals surface area contributed by atoms with Crippen molar-refractivity contribution in [2.45, 2.75) is 50.4 Å². The van der Waals surface area contributed by atoms with Crippen LogP contribution in [0, 0.1) is 28.1 Å². The molecule has 0 radical (unpaired) electrons. The van der Waals surface area contributed by atoms with Gasteiger partial charge in [-0.1, -0.05) is 69.8 Å². The summed E-state index contributed by atoms with van der Waals surface area (Å²) in [6.45, 7) is 7.70. The van der Waals surface area contributed by atoms with E-state index in [4.69, 9.17) is 21.2 Å². The van der Waals surface area contributed by atoms with Crippen LogP contribution in [0.3, 0.4) is 0 Å². The zero-order valence-electron chi connectivity index (χ0n) is 20.5. The number of nitriles is 2. The lowest BCUT2D eigenvalue weighted by Gasteiger charge is -2.38. The Morgan fingerprint density at radius 1 is 1.14 bits per heavy atom. The minimum Gasteiger partial charge on any atom is -0.447 e. The molecule has 4 N–H and O–H groups in total. The second-order valence-corrected chi connectivity index (χ2v) is 10.1. The summed E-state index contributed by atoms with van der Waals surface area (Å²) in [5.74, 6) is -0.262. The van der Waals surface area contributed by atoms with E-state index in [0.717, 1.165) is 11.8 Å². The molecule has 0 spiro atoms. The maximum absolute atomic E-state index is 12.4. The highest BCUT2D eigenvalue weighted by molar-refractivity contribution is 8.00. The molecule has 184 valence electrons.